The number of amides is 1. The van der Waals surface area contributed by atoms with E-state index in [2.05, 4.69) is 44.8 Å². The monoisotopic (exact) mass is 388 g/mol. The molecule has 0 aliphatic carbocycles. The van der Waals surface area contributed by atoms with Crippen molar-refractivity contribution in [2.24, 2.45) is 0 Å². The number of para-hydroxylation sites is 2. The number of hydrogen-bond acceptors (Lipinski definition) is 5. The van der Waals surface area contributed by atoms with Gasteiger partial charge in [0.05, 0.1) is 12.8 Å². The van der Waals surface area contributed by atoms with Crippen molar-refractivity contribution in [1.29, 1.82) is 0 Å². The van der Waals surface area contributed by atoms with Crippen molar-refractivity contribution in [3.05, 3.63) is 84.1 Å². The second-order valence-electron chi connectivity index (χ2n) is 6.90. The van der Waals surface area contributed by atoms with Crippen LogP contribution in [0.3, 0.4) is 0 Å². The largest absolute Gasteiger partial charge is 0.495 e. The van der Waals surface area contributed by atoms with Crippen molar-refractivity contribution >= 4 is 17.4 Å². The van der Waals surface area contributed by atoms with Crippen LogP contribution in [0.2, 0.25) is 0 Å². The summed E-state index contributed by atoms with van der Waals surface area (Å²) in [6.45, 7) is 2.50. The number of piperazine rings is 1. The molecule has 0 spiro atoms. The van der Waals surface area contributed by atoms with Crippen LogP contribution in [-0.4, -0.2) is 37.6 Å². The molecule has 4 rings (SSSR count). The van der Waals surface area contributed by atoms with E-state index in [0.29, 0.717) is 17.1 Å². The lowest BCUT2D eigenvalue weighted by molar-refractivity contribution is 0.102. The normalized spacial score (nSPS) is 16.3. The highest BCUT2D eigenvalue weighted by atomic mass is 16.5. The zero-order valence-corrected chi connectivity index (χ0v) is 16.3. The van der Waals surface area contributed by atoms with Crippen LogP contribution in [0.4, 0.5) is 11.5 Å². The molecule has 0 saturated carbocycles. The molecule has 148 valence electrons. The van der Waals surface area contributed by atoms with Gasteiger partial charge in [-0.05, 0) is 29.8 Å². The van der Waals surface area contributed by atoms with Gasteiger partial charge < -0.3 is 20.3 Å². The van der Waals surface area contributed by atoms with E-state index in [4.69, 9.17) is 4.74 Å². The maximum absolute atomic E-state index is 12.7. The number of aromatic nitrogens is 1. The summed E-state index contributed by atoms with van der Waals surface area (Å²) < 4.78 is 5.30. The third-order valence-corrected chi connectivity index (χ3v) is 5.02. The van der Waals surface area contributed by atoms with Gasteiger partial charge in [-0.25, -0.2) is 4.98 Å². The number of carbonyl (C=O) groups is 1. The number of benzene rings is 2. The van der Waals surface area contributed by atoms with E-state index in [1.165, 1.54) is 5.56 Å². The lowest BCUT2D eigenvalue weighted by Crippen LogP contribution is -2.46. The van der Waals surface area contributed by atoms with Crippen LogP contribution in [-0.2, 0) is 0 Å². The van der Waals surface area contributed by atoms with Crippen molar-refractivity contribution in [3.63, 3.8) is 0 Å². The maximum atomic E-state index is 12.7. The lowest BCUT2D eigenvalue weighted by Gasteiger charge is -2.35. The molecule has 2 heterocycles. The predicted octanol–water partition coefficient (Wildman–Crippen LogP) is 3.49. The molecule has 6 nitrogen and oxygen atoms in total. The third kappa shape index (κ3) is 4.38. The number of hydrogen-bond donors (Lipinski definition) is 2. The van der Waals surface area contributed by atoms with Crippen molar-refractivity contribution in [3.8, 4) is 5.75 Å². The van der Waals surface area contributed by atoms with Gasteiger partial charge in [0.15, 0.2) is 0 Å². The van der Waals surface area contributed by atoms with Gasteiger partial charge in [-0.1, -0.05) is 48.5 Å². The van der Waals surface area contributed by atoms with Gasteiger partial charge in [0.2, 0.25) is 0 Å². The Hall–Kier alpha value is -3.38. The van der Waals surface area contributed by atoms with Crippen molar-refractivity contribution in [2.45, 2.75) is 6.04 Å². The second-order valence-corrected chi connectivity index (χ2v) is 6.90. The predicted molar refractivity (Wildman–Crippen MR) is 115 cm³/mol. The number of anilines is 2. The summed E-state index contributed by atoms with van der Waals surface area (Å²) in [5.41, 5.74) is 2.25. The van der Waals surface area contributed by atoms with Crippen LogP contribution in [0.5, 0.6) is 5.75 Å². The average Bonchev–Trinajstić information content (AvgIpc) is 2.80. The first kappa shape index (κ1) is 19.0. The molecule has 2 aromatic carbocycles. The molecule has 1 amide bonds. The number of rotatable bonds is 5. The molecule has 3 aromatic rings. The van der Waals surface area contributed by atoms with Crippen LogP contribution < -0.4 is 20.3 Å². The summed E-state index contributed by atoms with van der Waals surface area (Å²) >= 11 is 0. The second kappa shape index (κ2) is 8.75. The SMILES string of the molecule is COc1ccccc1NC(=O)c1cccc(N2CCNC(c3ccccc3)C2)n1. The van der Waals surface area contributed by atoms with Crippen LogP contribution in [0.15, 0.2) is 72.8 Å². The first-order chi connectivity index (χ1) is 14.2. The summed E-state index contributed by atoms with van der Waals surface area (Å²) in [6, 6.07) is 23.5. The van der Waals surface area contributed by atoms with E-state index in [1.54, 1.807) is 19.2 Å². The number of ether oxygens (including phenoxy) is 1. The highest BCUT2D eigenvalue weighted by Gasteiger charge is 2.22. The minimum absolute atomic E-state index is 0.234. The van der Waals surface area contributed by atoms with Gasteiger partial charge in [0.25, 0.3) is 5.91 Å². The Labute approximate surface area is 170 Å². The van der Waals surface area contributed by atoms with Gasteiger partial charge in [-0.3, -0.25) is 4.79 Å². The number of methoxy groups -OCH3 is 1. The van der Waals surface area contributed by atoms with E-state index in [9.17, 15) is 4.79 Å². The third-order valence-electron chi connectivity index (χ3n) is 5.02. The molecular weight excluding hydrogens is 364 g/mol. The van der Waals surface area contributed by atoms with Crippen molar-refractivity contribution in [1.82, 2.24) is 10.3 Å². The van der Waals surface area contributed by atoms with Crippen molar-refractivity contribution < 1.29 is 9.53 Å². The van der Waals surface area contributed by atoms with Crippen LogP contribution in [0.25, 0.3) is 0 Å². The van der Waals surface area contributed by atoms with E-state index in [0.717, 1.165) is 25.5 Å². The summed E-state index contributed by atoms with van der Waals surface area (Å²) in [4.78, 5) is 19.6. The van der Waals surface area contributed by atoms with Gasteiger partial charge in [0, 0.05) is 25.7 Å². The molecule has 2 N–H and O–H groups in total. The Bertz CT molecular complexity index is 977. The van der Waals surface area contributed by atoms with Crippen LogP contribution in [0.1, 0.15) is 22.1 Å². The Kier molecular flexibility index (Phi) is 5.72. The molecule has 0 bridgehead atoms. The fraction of sp³-hybridized carbons (Fsp3) is 0.217. The zero-order chi connectivity index (χ0) is 20.1. The Morgan fingerprint density at radius 2 is 1.86 bits per heavy atom. The quantitative estimate of drug-likeness (QED) is 0.700. The topological polar surface area (TPSA) is 66.5 Å². The Balaban J connectivity index is 1.50. The van der Waals surface area contributed by atoms with E-state index in [1.807, 2.05) is 36.4 Å². The Morgan fingerprint density at radius 3 is 2.69 bits per heavy atom. The zero-order valence-electron chi connectivity index (χ0n) is 16.3. The molecule has 6 heteroatoms. The number of carbonyl (C=O) groups excluding carboxylic acids is 1. The lowest BCUT2D eigenvalue weighted by atomic mass is 10.0. The molecule has 1 aliphatic heterocycles. The van der Waals surface area contributed by atoms with Crippen LogP contribution in [0, 0.1) is 0 Å². The average molecular weight is 388 g/mol. The maximum Gasteiger partial charge on any atom is 0.274 e. The molecule has 1 aliphatic rings. The standard InChI is InChI=1S/C23H24N4O2/c1-29-21-12-6-5-10-18(21)26-23(28)19-11-7-13-22(25-19)27-15-14-24-20(16-27)17-8-3-2-4-9-17/h2-13,20,24H,14-16H2,1H3,(H,26,28). The summed E-state index contributed by atoms with van der Waals surface area (Å²) in [5.74, 6) is 1.16. The molecule has 1 atom stereocenters. The molecule has 0 radical (unpaired) electrons. The summed E-state index contributed by atoms with van der Waals surface area (Å²) in [7, 11) is 1.58. The Morgan fingerprint density at radius 1 is 1.07 bits per heavy atom. The highest BCUT2D eigenvalue weighted by molar-refractivity contribution is 6.03. The number of nitrogens with zero attached hydrogens (tertiary/aromatic N) is 2. The van der Waals surface area contributed by atoms with E-state index >= 15 is 0 Å². The highest BCUT2D eigenvalue weighted by Crippen LogP contribution is 2.24. The minimum Gasteiger partial charge on any atom is -0.495 e. The molecule has 1 unspecified atom stereocenters. The van der Waals surface area contributed by atoms with Gasteiger partial charge >= 0.3 is 0 Å². The molecule has 29 heavy (non-hydrogen) atoms. The fourth-order valence-electron chi connectivity index (χ4n) is 3.53. The van der Waals surface area contributed by atoms with E-state index < -0.39 is 0 Å². The van der Waals surface area contributed by atoms with Gasteiger partial charge in [0.1, 0.15) is 17.3 Å². The smallest absolute Gasteiger partial charge is 0.274 e. The molecule has 1 aromatic heterocycles. The van der Waals surface area contributed by atoms with Crippen molar-refractivity contribution in [2.75, 3.05) is 37.0 Å². The fourth-order valence-corrected chi connectivity index (χ4v) is 3.53. The summed E-state index contributed by atoms with van der Waals surface area (Å²) in [6.07, 6.45) is 0. The summed E-state index contributed by atoms with van der Waals surface area (Å²) in [5, 5.41) is 6.44. The first-order valence-electron chi connectivity index (χ1n) is 9.69. The van der Waals surface area contributed by atoms with Crippen LogP contribution >= 0.6 is 0 Å². The van der Waals surface area contributed by atoms with E-state index in [-0.39, 0.29) is 11.9 Å². The van der Waals surface area contributed by atoms with Gasteiger partial charge in [-0.2, -0.15) is 0 Å². The minimum atomic E-state index is -0.258. The number of nitrogens with one attached hydrogen (secondary N) is 2. The molecule has 1 fully saturated rings. The molecular formula is C23H24N4O2. The van der Waals surface area contributed by atoms with Gasteiger partial charge in [-0.15, -0.1) is 0 Å². The first-order valence-corrected chi connectivity index (χ1v) is 9.69. The number of pyridine rings is 1. The molecule has 1 saturated heterocycles.